The van der Waals surface area contributed by atoms with Gasteiger partial charge in [-0.2, -0.15) is 13.2 Å². The molecule has 7 heteroatoms. The summed E-state index contributed by atoms with van der Waals surface area (Å²) in [6.45, 7) is 5.38. The largest absolute Gasteiger partial charge is 0.393 e. The van der Waals surface area contributed by atoms with E-state index in [1.165, 1.54) is 0 Å². The molecule has 0 amide bonds. The molecular weight excluding hydrogens is 257 g/mol. The molecule has 0 aromatic carbocycles. The van der Waals surface area contributed by atoms with Crippen molar-refractivity contribution in [3.63, 3.8) is 0 Å². The zero-order chi connectivity index (χ0) is 14.0. The second kappa shape index (κ2) is 5.48. The molecule has 2 rings (SSSR count). The van der Waals surface area contributed by atoms with Crippen LogP contribution in [0.1, 0.15) is 31.9 Å². The minimum atomic E-state index is -4.13. The van der Waals surface area contributed by atoms with Crippen LogP contribution < -0.4 is 5.32 Å². The summed E-state index contributed by atoms with van der Waals surface area (Å²) < 4.78 is 39.9. The topological polar surface area (TPSA) is 42.7 Å². The number of fused-ring (bicyclic) bond motifs is 1. The van der Waals surface area contributed by atoms with Crippen LogP contribution in [0.4, 0.5) is 13.2 Å². The van der Waals surface area contributed by atoms with Gasteiger partial charge >= 0.3 is 6.18 Å². The van der Waals surface area contributed by atoms with E-state index in [1.807, 2.05) is 0 Å². The standard InChI is InChI=1S/C12H19F3N4/c1-8(2)5-16-6-11-18-17-10-4-3-9(7-19(10)11)12(13,14)15/h8-9,16H,3-7H2,1-2H3. The fourth-order valence-corrected chi connectivity index (χ4v) is 2.25. The fourth-order valence-electron chi connectivity index (χ4n) is 2.25. The summed E-state index contributed by atoms with van der Waals surface area (Å²) in [5.74, 6) is 0.484. The smallest absolute Gasteiger partial charge is 0.313 e. The lowest BCUT2D eigenvalue weighted by Crippen LogP contribution is -2.33. The van der Waals surface area contributed by atoms with E-state index in [2.05, 4.69) is 29.4 Å². The second-order valence-electron chi connectivity index (χ2n) is 5.45. The summed E-state index contributed by atoms with van der Waals surface area (Å²) in [7, 11) is 0. The molecule has 1 aliphatic rings. The third kappa shape index (κ3) is 3.46. The van der Waals surface area contributed by atoms with Crippen LogP contribution in [0.15, 0.2) is 0 Å². The fraction of sp³-hybridized carbons (Fsp3) is 0.833. The highest BCUT2D eigenvalue weighted by molar-refractivity contribution is 5.00. The number of aryl methyl sites for hydroxylation is 1. The third-order valence-electron chi connectivity index (χ3n) is 3.32. The van der Waals surface area contributed by atoms with Crippen LogP contribution in [0.25, 0.3) is 0 Å². The molecule has 0 saturated carbocycles. The molecule has 1 aromatic rings. The molecule has 0 aliphatic carbocycles. The number of nitrogens with one attached hydrogen (secondary N) is 1. The molecule has 0 bridgehead atoms. The van der Waals surface area contributed by atoms with E-state index >= 15 is 0 Å². The molecule has 0 spiro atoms. The van der Waals surface area contributed by atoms with Crippen LogP contribution in [0.5, 0.6) is 0 Å². The summed E-state index contributed by atoms with van der Waals surface area (Å²) in [6, 6.07) is 0. The quantitative estimate of drug-likeness (QED) is 0.916. The summed E-state index contributed by atoms with van der Waals surface area (Å²) in [4.78, 5) is 0. The Kier molecular flexibility index (Phi) is 4.13. The van der Waals surface area contributed by atoms with E-state index in [0.717, 1.165) is 6.54 Å². The van der Waals surface area contributed by atoms with E-state index in [1.54, 1.807) is 4.57 Å². The van der Waals surface area contributed by atoms with Gasteiger partial charge in [-0.25, -0.2) is 0 Å². The molecule has 1 aromatic heterocycles. The van der Waals surface area contributed by atoms with Crippen molar-refractivity contribution >= 4 is 0 Å². The normalized spacial score (nSPS) is 19.8. The van der Waals surface area contributed by atoms with E-state index in [4.69, 9.17) is 0 Å². The summed E-state index contributed by atoms with van der Waals surface area (Å²) in [5.41, 5.74) is 0. The van der Waals surface area contributed by atoms with Crippen LogP contribution >= 0.6 is 0 Å². The van der Waals surface area contributed by atoms with Crippen LogP contribution in [-0.2, 0) is 19.5 Å². The minimum Gasteiger partial charge on any atom is -0.313 e. The van der Waals surface area contributed by atoms with Gasteiger partial charge in [-0.3, -0.25) is 0 Å². The van der Waals surface area contributed by atoms with Crippen LogP contribution in [0, 0.1) is 11.8 Å². The minimum absolute atomic E-state index is 0.0511. The van der Waals surface area contributed by atoms with Crippen molar-refractivity contribution < 1.29 is 13.2 Å². The van der Waals surface area contributed by atoms with Crippen molar-refractivity contribution in [1.29, 1.82) is 0 Å². The number of halogens is 3. The first kappa shape index (κ1) is 14.3. The Morgan fingerprint density at radius 3 is 2.74 bits per heavy atom. The van der Waals surface area contributed by atoms with Crippen LogP contribution in [0.3, 0.4) is 0 Å². The van der Waals surface area contributed by atoms with Gasteiger partial charge in [-0.15, -0.1) is 10.2 Å². The van der Waals surface area contributed by atoms with Gasteiger partial charge in [0.2, 0.25) is 0 Å². The lowest BCUT2D eigenvalue weighted by Gasteiger charge is -2.26. The van der Waals surface area contributed by atoms with Crippen LogP contribution in [0.2, 0.25) is 0 Å². The molecule has 0 saturated heterocycles. The highest BCUT2D eigenvalue weighted by atomic mass is 19.4. The van der Waals surface area contributed by atoms with Crippen molar-refractivity contribution in [3.05, 3.63) is 11.6 Å². The van der Waals surface area contributed by atoms with E-state index in [-0.39, 0.29) is 13.0 Å². The van der Waals surface area contributed by atoms with Crippen molar-refractivity contribution in [3.8, 4) is 0 Å². The van der Waals surface area contributed by atoms with E-state index in [0.29, 0.717) is 30.5 Å². The van der Waals surface area contributed by atoms with Gasteiger partial charge < -0.3 is 9.88 Å². The Labute approximate surface area is 110 Å². The highest BCUT2D eigenvalue weighted by Gasteiger charge is 2.42. The molecule has 19 heavy (non-hydrogen) atoms. The molecule has 1 aliphatic heterocycles. The first-order chi connectivity index (χ1) is 8.88. The van der Waals surface area contributed by atoms with Crippen molar-refractivity contribution in [1.82, 2.24) is 20.1 Å². The molecule has 4 nitrogen and oxygen atoms in total. The van der Waals surface area contributed by atoms with E-state index in [9.17, 15) is 13.2 Å². The lowest BCUT2D eigenvalue weighted by atomic mass is 9.99. The summed E-state index contributed by atoms with van der Waals surface area (Å²) in [5, 5.41) is 11.2. The Balaban J connectivity index is 2.03. The molecular formula is C12H19F3N4. The first-order valence-corrected chi connectivity index (χ1v) is 6.56. The second-order valence-corrected chi connectivity index (χ2v) is 5.45. The number of hydrogen-bond acceptors (Lipinski definition) is 3. The molecule has 0 radical (unpaired) electrons. The molecule has 108 valence electrons. The van der Waals surface area contributed by atoms with Gasteiger partial charge in [-0.1, -0.05) is 13.8 Å². The summed E-state index contributed by atoms with van der Waals surface area (Å²) >= 11 is 0. The lowest BCUT2D eigenvalue weighted by molar-refractivity contribution is -0.182. The Bertz CT molecular complexity index is 425. The number of rotatable bonds is 4. The SMILES string of the molecule is CC(C)CNCc1nnc2n1CC(C(F)(F)F)CC2. The average molecular weight is 276 g/mol. The van der Waals surface area contributed by atoms with Crippen LogP contribution in [-0.4, -0.2) is 27.5 Å². The van der Waals surface area contributed by atoms with Crippen molar-refractivity contribution in [2.75, 3.05) is 6.54 Å². The number of alkyl halides is 3. The molecule has 1 atom stereocenters. The molecule has 0 fully saturated rings. The molecule has 2 heterocycles. The maximum atomic E-state index is 12.8. The van der Waals surface area contributed by atoms with Gasteiger partial charge in [0.25, 0.3) is 0 Å². The van der Waals surface area contributed by atoms with Crippen molar-refractivity contribution in [2.24, 2.45) is 11.8 Å². The van der Waals surface area contributed by atoms with Crippen molar-refractivity contribution in [2.45, 2.75) is 46.0 Å². The van der Waals surface area contributed by atoms with Gasteiger partial charge in [0.15, 0.2) is 0 Å². The van der Waals surface area contributed by atoms with Gasteiger partial charge in [0, 0.05) is 13.0 Å². The Morgan fingerprint density at radius 2 is 2.11 bits per heavy atom. The van der Waals surface area contributed by atoms with Gasteiger partial charge in [-0.05, 0) is 18.9 Å². The number of hydrogen-bond donors (Lipinski definition) is 1. The van der Waals surface area contributed by atoms with Gasteiger partial charge in [0.05, 0.1) is 12.5 Å². The van der Waals surface area contributed by atoms with E-state index < -0.39 is 12.1 Å². The Morgan fingerprint density at radius 1 is 1.37 bits per heavy atom. The Hall–Kier alpha value is -1.11. The average Bonchev–Trinajstić information content (AvgIpc) is 2.70. The maximum Gasteiger partial charge on any atom is 0.393 e. The predicted octanol–water partition coefficient (Wildman–Crippen LogP) is 2.15. The zero-order valence-electron chi connectivity index (χ0n) is 11.2. The molecule has 1 unspecified atom stereocenters. The zero-order valence-corrected chi connectivity index (χ0v) is 11.2. The number of aromatic nitrogens is 3. The maximum absolute atomic E-state index is 12.8. The third-order valence-corrected chi connectivity index (χ3v) is 3.32. The predicted molar refractivity (Wildman–Crippen MR) is 64.4 cm³/mol. The van der Waals surface area contributed by atoms with Gasteiger partial charge in [0.1, 0.15) is 11.6 Å². The first-order valence-electron chi connectivity index (χ1n) is 6.56. The highest BCUT2D eigenvalue weighted by Crippen LogP contribution is 2.34. The molecule has 1 N–H and O–H groups in total. The number of nitrogens with zero attached hydrogens (tertiary/aromatic N) is 3. The summed E-state index contributed by atoms with van der Waals surface area (Å²) in [6.07, 6.45) is -3.67. The monoisotopic (exact) mass is 276 g/mol.